The summed E-state index contributed by atoms with van der Waals surface area (Å²) in [6.07, 6.45) is 4.44. The van der Waals surface area contributed by atoms with Crippen LogP contribution in [0.5, 0.6) is 0 Å². The minimum atomic E-state index is 0.333. The highest BCUT2D eigenvalue weighted by molar-refractivity contribution is 6.21. The summed E-state index contributed by atoms with van der Waals surface area (Å²) in [4.78, 5) is 0. The van der Waals surface area contributed by atoms with Crippen molar-refractivity contribution < 1.29 is 5.11 Å². The van der Waals surface area contributed by atoms with Gasteiger partial charge in [-0.25, -0.2) is 0 Å². The molecule has 0 saturated carbocycles. The fourth-order valence-electron chi connectivity index (χ4n) is 0.481. The van der Waals surface area contributed by atoms with Gasteiger partial charge in [-0.3, -0.25) is 0 Å². The van der Waals surface area contributed by atoms with Crippen LogP contribution in [-0.2, 0) is 0 Å². The molecular weight excluding hydrogens is 135 g/mol. The first-order chi connectivity index (χ1) is 5.07. The van der Waals surface area contributed by atoms with E-state index in [2.05, 4.69) is 6.58 Å². The second kappa shape index (κ2) is 4.83. The molecule has 0 aliphatic heterocycles. The standard InChI is InChI=1S/C9H15BO/c1-4-7(2)5-6-9(11)8(3)10/h5-6,11H,2,4,10H2,1,3H3/b6-5-,9-8-. The second-order valence-corrected chi connectivity index (χ2v) is 2.73. The normalized spacial score (nSPS) is 13.3. The lowest BCUT2D eigenvalue weighted by molar-refractivity contribution is 0.429. The summed E-state index contributed by atoms with van der Waals surface area (Å²) in [6, 6.07) is 0. The van der Waals surface area contributed by atoms with Crippen LogP contribution in [-0.4, -0.2) is 13.0 Å². The van der Waals surface area contributed by atoms with E-state index in [0.717, 1.165) is 17.5 Å². The van der Waals surface area contributed by atoms with Crippen molar-refractivity contribution >= 4 is 7.85 Å². The summed E-state index contributed by atoms with van der Waals surface area (Å²) >= 11 is 0. The fraction of sp³-hybridized carbons (Fsp3) is 0.333. The molecule has 0 aliphatic rings. The Labute approximate surface area is 69.5 Å². The van der Waals surface area contributed by atoms with Gasteiger partial charge in [-0.05, 0) is 19.4 Å². The highest BCUT2D eigenvalue weighted by Crippen LogP contribution is 2.02. The van der Waals surface area contributed by atoms with Crippen LogP contribution in [0.1, 0.15) is 20.3 Å². The predicted octanol–water partition coefficient (Wildman–Crippen LogP) is 1.93. The molecule has 0 aromatic carbocycles. The average molecular weight is 150 g/mol. The molecule has 0 heterocycles. The second-order valence-electron chi connectivity index (χ2n) is 2.73. The molecule has 1 N–H and O–H groups in total. The van der Waals surface area contributed by atoms with E-state index in [1.807, 2.05) is 27.8 Å². The van der Waals surface area contributed by atoms with Crippen molar-refractivity contribution in [2.24, 2.45) is 0 Å². The number of hydrogen-bond donors (Lipinski definition) is 1. The molecule has 2 heteroatoms. The molecule has 0 spiro atoms. The Balaban J connectivity index is 4.15. The first-order valence-corrected chi connectivity index (χ1v) is 3.80. The Kier molecular flexibility index (Phi) is 4.43. The first-order valence-electron chi connectivity index (χ1n) is 3.80. The Morgan fingerprint density at radius 3 is 2.45 bits per heavy atom. The molecule has 0 aromatic rings. The minimum Gasteiger partial charge on any atom is -0.509 e. The molecule has 0 radical (unpaired) electrons. The molecule has 0 rings (SSSR count). The number of rotatable bonds is 3. The molecule has 0 bridgehead atoms. The van der Waals surface area contributed by atoms with Crippen molar-refractivity contribution in [2.45, 2.75) is 20.3 Å². The Hall–Kier alpha value is -0.915. The van der Waals surface area contributed by atoms with E-state index >= 15 is 0 Å². The smallest absolute Gasteiger partial charge is 0.138 e. The third kappa shape index (κ3) is 4.48. The number of aliphatic hydroxyl groups excluding tert-OH is 1. The van der Waals surface area contributed by atoms with Crippen molar-refractivity contribution in [2.75, 3.05) is 0 Å². The molecule has 0 amide bonds. The minimum absolute atomic E-state index is 0.333. The average Bonchev–Trinajstić information content (AvgIpc) is 1.99. The molecule has 0 fully saturated rings. The van der Waals surface area contributed by atoms with Crippen LogP contribution in [0.25, 0.3) is 0 Å². The zero-order valence-electron chi connectivity index (χ0n) is 7.52. The van der Waals surface area contributed by atoms with E-state index in [1.165, 1.54) is 0 Å². The van der Waals surface area contributed by atoms with Crippen molar-refractivity contribution in [3.8, 4) is 0 Å². The molecule has 0 saturated heterocycles. The number of aliphatic hydroxyl groups is 1. The topological polar surface area (TPSA) is 20.2 Å². The Morgan fingerprint density at radius 1 is 1.55 bits per heavy atom. The van der Waals surface area contributed by atoms with Gasteiger partial charge >= 0.3 is 0 Å². The first kappa shape index (κ1) is 10.1. The van der Waals surface area contributed by atoms with Crippen LogP contribution in [0.3, 0.4) is 0 Å². The van der Waals surface area contributed by atoms with Gasteiger partial charge in [0, 0.05) is 0 Å². The molecule has 0 atom stereocenters. The van der Waals surface area contributed by atoms with E-state index in [4.69, 9.17) is 0 Å². The van der Waals surface area contributed by atoms with Crippen LogP contribution in [0, 0.1) is 0 Å². The third-order valence-electron chi connectivity index (χ3n) is 1.44. The summed E-state index contributed by atoms with van der Waals surface area (Å²) in [5.41, 5.74) is 1.95. The maximum absolute atomic E-state index is 9.22. The zero-order chi connectivity index (χ0) is 8.85. The van der Waals surface area contributed by atoms with Gasteiger partial charge in [0.1, 0.15) is 13.6 Å². The lowest BCUT2D eigenvalue weighted by atomic mass is 9.96. The van der Waals surface area contributed by atoms with E-state index in [-0.39, 0.29) is 0 Å². The zero-order valence-corrected chi connectivity index (χ0v) is 7.52. The Bertz CT molecular complexity index is 198. The maximum Gasteiger partial charge on any atom is 0.138 e. The van der Waals surface area contributed by atoms with E-state index in [1.54, 1.807) is 6.08 Å². The van der Waals surface area contributed by atoms with E-state index in [0.29, 0.717) is 5.76 Å². The van der Waals surface area contributed by atoms with Crippen LogP contribution in [0.4, 0.5) is 0 Å². The van der Waals surface area contributed by atoms with Gasteiger partial charge in [-0.1, -0.05) is 30.6 Å². The van der Waals surface area contributed by atoms with E-state index < -0.39 is 0 Å². The van der Waals surface area contributed by atoms with Crippen molar-refractivity contribution in [1.29, 1.82) is 0 Å². The lowest BCUT2D eigenvalue weighted by Crippen LogP contribution is -1.82. The van der Waals surface area contributed by atoms with Gasteiger partial charge in [0.25, 0.3) is 0 Å². The predicted molar refractivity (Wildman–Crippen MR) is 52.4 cm³/mol. The highest BCUT2D eigenvalue weighted by Gasteiger charge is 1.88. The van der Waals surface area contributed by atoms with Gasteiger partial charge in [0.2, 0.25) is 0 Å². The summed E-state index contributed by atoms with van der Waals surface area (Å²) in [5, 5.41) is 9.22. The van der Waals surface area contributed by atoms with Crippen LogP contribution >= 0.6 is 0 Å². The lowest BCUT2D eigenvalue weighted by Gasteiger charge is -1.95. The highest BCUT2D eigenvalue weighted by atomic mass is 16.3. The largest absolute Gasteiger partial charge is 0.509 e. The molecule has 1 nitrogen and oxygen atoms in total. The summed E-state index contributed by atoms with van der Waals surface area (Å²) < 4.78 is 0. The van der Waals surface area contributed by atoms with Crippen molar-refractivity contribution in [1.82, 2.24) is 0 Å². The molecule has 11 heavy (non-hydrogen) atoms. The quantitative estimate of drug-likeness (QED) is 0.370. The van der Waals surface area contributed by atoms with Gasteiger partial charge in [-0.2, -0.15) is 0 Å². The molecule has 60 valence electrons. The van der Waals surface area contributed by atoms with Crippen LogP contribution < -0.4 is 0 Å². The molecular formula is C9H15BO. The van der Waals surface area contributed by atoms with Crippen LogP contribution in [0.2, 0.25) is 0 Å². The Morgan fingerprint density at radius 2 is 2.09 bits per heavy atom. The maximum atomic E-state index is 9.22. The van der Waals surface area contributed by atoms with E-state index in [9.17, 15) is 5.11 Å². The summed E-state index contributed by atoms with van der Waals surface area (Å²) in [6.45, 7) is 7.69. The summed E-state index contributed by atoms with van der Waals surface area (Å²) in [5.74, 6) is 0.333. The van der Waals surface area contributed by atoms with Crippen molar-refractivity contribution in [3.63, 3.8) is 0 Å². The molecule has 0 unspecified atom stereocenters. The van der Waals surface area contributed by atoms with Gasteiger partial charge in [-0.15, -0.1) is 0 Å². The van der Waals surface area contributed by atoms with Crippen LogP contribution in [0.15, 0.2) is 35.5 Å². The fourth-order valence-corrected chi connectivity index (χ4v) is 0.481. The van der Waals surface area contributed by atoms with Gasteiger partial charge in [0.05, 0.1) is 0 Å². The monoisotopic (exact) mass is 150 g/mol. The van der Waals surface area contributed by atoms with Gasteiger partial charge in [0.15, 0.2) is 0 Å². The molecule has 0 aliphatic carbocycles. The number of hydrogen-bond acceptors (Lipinski definition) is 1. The summed E-state index contributed by atoms with van der Waals surface area (Å²) in [7, 11) is 1.87. The molecule has 0 aromatic heterocycles. The third-order valence-corrected chi connectivity index (χ3v) is 1.44. The van der Waals surface area contributed by atoms with Crippen molar-refractivity contribution in [3.05, 3.63) is 35.5 Å². The SMILES string of the molecule is B/C(C)=C(O)/C=C\C(=C)CC. The van der Waals surface area contributed by atoms with Gasteiger partial charge < -0.3 is 5.11 Å². The number of allylic oxidation sites excluding steroid dienone is 4.